The fraction of sp³-hybridized carbons (Fsp3) is 0.0600. The number of allylic oxidation sites excluding steroid dienone is 4. The smallest absolute Gasteiger partial charge is 0.0490 e. The minimum atomic E-state index is 1.10. The average Bonchev–Trinajstić information content (AvgIpc) is 0.809. The molecule has 494 valence electrons. The van der Waals surface area contributed by atoms with Crippen molar-refractivity contribution in [2.75, 3.05) is 9.80 Å². The SMILES string of the molecule is Cc1ccc(C(=C/C=C/c2ccc(/C=C/c3ccc(N(c4ccc(/C=C/c5ccc(/C=C/c6ccc(N(c7ccc(/C=C/c8ccc(/C=C/C=C(c9ccc(C)cc9)c9ccc(C)cc9)cc8)cc7)c7ccccc7C)cc6)cc5)cc4)c4ccccc4C)cc3)cc2)c2ccc(C)cc2)cc1. The molecule has 2 nitrogen and oxygen atoms in total. The number of benzene rings is 13. The summed E-state index contributed by atoms with van der Waals surface area (Å²) < 4.78 is 0. The van der Waals surface area contributed by atoms with E-state index >= 15 is 0 Å². The molecule has 0 N–H and O–H groups in total. The molecule has 0 atom stereocenters. The van der Waals surface area contributed by atoms with Crippen LogP contribution in [0.15, 0.2) is 340 Å². The highest BCUT2D eigenvalue weighted by Gasteiger charge is 2.17. The van der Waals surface area contributed by atoms with Crippen molar-refractivity contribution < 1.29 is 0 Å². The highest BCUT2D eigenvalue weighted by Crippen LogP contribution is 2.39. The molecule has 0 bridgehead atoms. The van der Waals surface area contributed by atoms with E-state index in [1.54, 1.807) is 0 Å². The van der Waals surface area contributed by atoms with Crippen molar-refractivity contribution in [1.29, 1.82) is 0 Å². The zero-order valence-electron chi connectivity index (χ0n) is 59.0. The monoisotopic (exact) mass is 1310 g/mol. The van der Waals surface area contributed by atoms with Gasteiger partial charge in [-0.3, -0.25) is 0 Å². The van der Waals surface area contributed by atoms with Gasteiger partial charge in [0.05, 0.1) is 0 Å². The third-order valence-corrected chi connectivity index (χ3v) is 18.6. The zero-order chi connectivity index (χ0) is 70.0. The Kier molecular flexibility index (Phi) is 21.9. The van der Waals surface area contributed by atoms with Crippen LogP contribution in [0.3, 0.4) is 0 Å². The molecule has 13 aromatic carbocycles. The maximum Gasteiger partial charge on any atom is 0.0490 e. The standard InChI is InChI=1S/C100H84N2/c1-73-21-57-89(58-22-73)97(90-59-23-74(2)24-60-90)17-11-15-79-29-33-81(34-30-79)41-45-85-49-65-93(66-50-85)101(99-19-9-7-13-77(99)5)95-69-53-87(54-70-95)47-43-83-37-39-84(40-38-83)44-48-88-55-71-96(72-56-88)102(100-20-10-8-14-78(100)6)94-67-51-86(52-68-94)46-42-82-35-31-80(32-36-82)16-12-18-98(91-61-25-75(3)26-62-91)92-63-27-76(4)28-64-92/h7-72H,1-6H3/b15-11+,16-12+,45-41+,46-42+,47-43+,48-44+. The number of hydrogen-bond donors (Lipinski definition) is 0. The Bertz CT molecular complexity index is 4760. The first-order valence-corrected chi connectivity index (χ1v) is 35.2. The minimum Gasteiger partial charge on any atom is -0.310 e. The lowest BCUT2D eigenvalue weighted by Gasteiger charge is -2.27. The molecular formula is C100H84N2. The van der Waals surface area contributed by atoms with Crippen molar-refractivity contribution in [2.24, 2.45) is 0 Å². The van der Waals surface area contributed by atoms with E-state index in [2.05, 4.69) is 452 Å². The van der Waals surface area contributed by atoms with Crippen LogP contribution in [0, 0.1) is 41.5 Å². The topological polar surface area (TPSA) is 6.48 Å². The Morgan fingerprint density at radius 1 is 0.196 bits per heavy atom. The number of aryl methyl sites for hydroxylation is 6. The summed E-state index contributed by atoms with van der Waals surface area (Å²) in [6.45, 7) is 12.9. The molecule has 0 unspecified atom stereocenters. The van der Waals surface area contributed by atoms with Crippen molar-refractivity contribution in [3.8, 4) is 0 Å². The van der Waals surface area contributed by atoms with Gasteiger partial charge in [0.25, 0.3) is 0 Å². The summed E-state index contributed by atoms with van der Waals surface area (Å²) in [6, 6.07) is 114. The number of para-hydroxylation sites is 2. The van der Waals surface area contributed by atoms with Gasteiger partial charge in [0, 0.05) is 34.1 Å². The lowest BCUT2D eigenvalue weighted by Crippen LogP contribution is -2.11. The molecule has 0 spiro atoms. The Morgan fingerprint density at radius 2 is 0.382 bits per heavy atom. The molecule has 0 aliphatic heterocycles. The second kappa shape index (κ2) is 32.8. The first kappa shape index (κ1) is 67.9. The Balaban J connectivity index is 0.620. The van der Waals surface area contributed by atoms with Gasteiger partial charge in [-0.1, -0.05) is 362 Å². The molecule has 0 saturated carbocycles. The molecular weight excluding hydrogens is 1230 g/mol. The molecule has 0 aliphatic carbocycles. The van der Waals surface area contributed by atoms with Gasteiger partial charge in [-0.2, -0.15) is 0 Å². The summed E-state index contributed by atoms with van der Waals surface area (Å²) in [5.41, 5.74) is 32.8. The summed E-state index contributed by atoms with van der Waals surface area (Å²) in [7, 11) is 0. The lowest BCUT2D eigenvalue weighted by atomic mass is 9.96. The van der Waals surface area contributed by atoms with Gasteiger partial charge in [-0.15, -0.1) is 0 Å². The van der Waals surface area contributed by atoms with Gasteiger partial charge >= 0.3 is 0 Å². The van der Waals surface area contributed by atoms with Crippen LogP contribution in [0.2, 0.25) is 0 Å². The predicted molar refractivity (Wildman–Crippen MR) is 444 cm³/mol. The highest BCUT2D eigenvalue weighted by molar-refractivity contribution is 5.86. The maximum absolute atomic E-state index is 2.34. The molecule has 0 fully saturated rings. The van der Waals surface area contributed by atoms with Crippen LogP contribution in [0.4, 0.5) is 34.1 Å². The quantitative estimate of drug-likeness (QED) is 0.0493. The maximum atomic E-state index is 2.34. The molecule has 0 aliphatic rings. The average molecular weight is 1310 g/mol. The lowest BCUT2D eigenvalue weighted by molar-refractivity contribution is 1.25. The molecule has 0 amide bonds. The normalized spacial score (nSPS) is 11.6. The summed E-state index contributed by atoms with van der Waals surface area (Å²) >= 11 is 0. The van der Waals surface area contributed by atoms with Gasteiger partial charge in [0.1, 0.15) is 0 Å². The molecule has 0 aromatic heterocycles. The molecule has 2 heteroatoms. The van der Waals surface area contributed by atoms with Crippen LogP contribution in [-0.4, -0.2) is 0 Å². The summed E-state index contributed by atoms with van der Waals surface area (Å²) in [5, 5.41) is 0. The Hall–Kier alpha value is -12.6. The first-order chi connectivity index (χ1) is 50.0. The second-order valence-electron chi connectivity index (χ2n) is 26.3. The summed E-state index contributed by atoms with van der Waals surface area (Å²) in [6.07, 6.45) is 30.6. The molecule has 0 heterocycles. The van der Waals surface area contributed by atoms with Gasteiger partial charge in [0.15, 0.2) is 0 Å². The molecule has 13 aromatic rings. The number of nitrogens with zero attached hydrogens (tertiary/aromatic N) is 2. The number of hydrogen-bond acceptors (Lipinski definition) is 2. The van der Waals surface area contributed by atoms with Crippen molar-refractivity contribution >= 4 is 106 Å². The fourth-order valence-corrected chi connectivity index (χ4v) is 12.5. The van der Waals surface area contributed by atoms with Crippen LogP contribution in [0.25, 0.3) is 71.9 Å². The van der Waals surface area contributed by atoms with Crippen molar-refractivity contribution in [2.45, 2.75) is 41.5 Å². The van der Waals surface area contributed by atoms with Gasteiger partial charge < -0.3 is 9.80 Å². The van der Waals surface area contributed by atoms with E-state index in [1.807, 2.05) is 0 Å². The molecule has 102 heavy (non-hydrogen) atoms. The fourth-order valence-electron chi connectivity index (χ4n) is 12.5. The van der Waals surface area contributed by atoms with Crippen LogP contribution < -0.4 is 9.80 Å². The van der Waals surface area contributed by atoms with Crippen molar-refractivity contribution in [1.82, 2.24) is 0 Å². The van der Waals surface area contributed by atoms with Crippen LogP contribution >= 0.6 is 0 Å². The van der Waals surface area contributed by atoms with E-state index in [-0.39, 0.29) is 0 Å². The van der Waals surface area contributed by atoms with E-state index in [0.717, 1.165) is 89.8 Å². The zero-order valence-corrected chi connectivity index (χ0v) is 59.0. The van der Waals surface area contributed by atoms with E-state index in [0.29, 0.717) is 0 Å². The molecule has 13 rings (SSSR count). The van der Waals surface area contributed by atoms with Crippen LogP contribution in [-0.2, 0) is 0 Å². The first-order valence-electron chi connectivity index (χ1n) is 35.2. The van der Waals surface area contributed by atoms with E-state index in [9.17, 15) is 0 Å². The second-order valence-corrected chi connectivity index (χ2v) is 26.3. The Labute approximate surface area is 604 Å². The predicted octanol–water partition coefficient (Wildman–Crippen LogP) is 27.4. The van der Waals surface area contributed by atoms with Gasteiger partial charge in [-0.05, 0) is 202 Å². The van der Waals surface area contributed by atoms with Crippen molar-refractivity contribution in [3.05, 3.63) is 451 Å². The van der Waals surface area contributed by atoms with Crippen LogP contribution in [0.5, 0.6) is 0 Å². The van der Waals surface area contributed by atoms with E-state index in [4.69, 9.17) is 0 Å². The van der Waals surface area contributed by atoms with Gasteiger partial charge in [0.2, 0.25) is 0 Å². The van der Waals surface area contributed by atoms with E-state index in [1.165, 1.54) is 66.8 Å². The largest absolute Gasteiger partial charge is 0.310 e. The minimum absolute atomic E-state index is 1.10. The third-order valence-electron chi connectivity index (χ3n) is 18.6. The molecule has 0 radical (unpaired) electrons. The summed E-state index contributed by atoms with van der Waals surface area (Å²) in [4.78, 5) is 4.69. The van der Waals surface area contributed by atoms with Crippen LogP contribution in [0.1, 0.15) is 111 Å². The summed E-state index contributed by atoms with van der Waals surface area (Å²) in [5.74, 6) is 0. The van der Waals surface area contributed by atoms with E-state index < -0.39 is 0 Å². The Morgan fingerprint density at radius 3 is 0.588 bits per heavy atom. The van der Waals surface area contributed by atoms with Gasteiger partial charge in [-0.25, -0.2) is 0 Å². The number of rotatable bonds is 22. The molecule has 0 saturated heterocycles. The highest BCUT2D eigenvalue weighted by atomic mass is 15.1. The third kappa shape index (κ3) is 17.8. The van der Waals surface area contributed by atoms with Crippen molar-refractivity contribution in [3.63, 3.8) is 0 Å². The number of anilines is 6.